The zero-order valence-corrected chi connectivity index (χ0v) is 13.3. The maximum absolute atomic E-state index is 12.0. The van der Waals surface area contributed by atoms with Gasteiger partial charge in [0.05, 0.1) is 0 Å². The molecule has 0 radical (unpaired) electrons. The Morgan fingerprint density at radius 3 is 2.29 bits per heavy atom. The van der Waals surface area contributed by atoms with Crippen LogP contribution in [0.25, 0.3) is 0 Å². The molecule has 21 heavy (non-hydrogen) atoms. The van der Waals surface area contributed by atoms with Gasteiger partial charge in [0.15, 0.2) is 0 Å². The monoisotopic (exact) mass is 309 g/mol. The molecule has 1 aliphatic carbocycles. The van der Waals surface area contributed by atoms with Crippen LogP contribution in [0.3, 0.4) is 0 Å². The fraction of sp³-hybridized carbons (Fsp3) is 0.588. The Hall–Kier alpha value is -1.06. The van der Waals surface area contributed by atoms with Gasteiger partial charge in [0.2, 0.25) is 0 Å². The molecule has 0 amide bonds. The van der Waals surface area contributed by atoms with Crippen LogP contribution in [0.4, 0.5) is 0 Å². The van der Waals surface area contributed by atoms with Crippen molar-refractivity contribution in [3.63, 3.8) is 0 Å². The SMILES string of the molecule is CCC(NC1CCCCCC1)(C(=O)O)c1ccc(Cl)cc1. The summed E-state index contributed by atoms with van der Waals surface area (Å²) in [7, 11) is 0. The molecule has 0 spiro atoms. The van der Waals surface area contributed by atoms with E-state index in [9.17, 15) is 9.90 Å². The van der Waals surface area contributed by atoms with E-state index in [1.165, 1.54) is 25.7 Å². The van der Waals surface area contributed by atoms with Crippen molar-refractivity contribution < 1.29 is 9.90 Å². The van der Waals surface area contributed by atoms with Crippen molar-refractivity contribution >= 4 is 17.6 Å². The van der Waals surface area contributed by atoms with E-state index in [0.29, 0.717) is 11.4 Å². The predicted octanol–water partition coefficient (Wildman–Crippen LogP) is 4.34. The van der Waals surface area contributed by atoms with Crippen molar-refractivity contribution in [1.29, 1.82) is 0 Å². The summed E-state index contributed by atoms with van der Waals surface area (Å²) in [5.74, 6) is -0.809. The third-order valence-corrected chi connectivity index (χ3v) is 4.79. The van der Waals surface area contributed by atoms with Crippen molar-refractivity contribution in [1.82, 2.24) is 5.32 Å². The van der Waals surface area contributed by atoms with Crippen molar-refractivity contribution in [2.75, 3.05) is 0 Å². The number of halogens is 1. The van der Waals surface area contributed by atoms with Gasteiger partial charge in [-0.05, 0) is 37.0 Å². The van der Waals surface area contributed by atoms with Crippen molar-refractivity contribution in [3.8, 4) is 0 Å². The number of hydrogen-bond donors (Lipinski definition) is 2. The Balaban J connectivity index is 2.27. The lowest BCUT2D eigenvalue weighted by atomic mass is 9.85. The standard InChI is InChI=1S/C17H24ClNO2/c1-2-17(16(20)21,13-9-11-14(18)12-10-13)19-15-7-5-3-4-6-8-15/h9-12,15,19H,2-8H2,1H3,(H,20,21). The molecule has 1 aromatic rings. The molecule has 0 heterocycles. The Labute approximate surface area is 131 Å². The minimum atomic E-state index is -1.01. The van der Waals surface area contributed by atoms with E-state index >= 15 is 0 Å². The minimum absolute atomic E-state index is 0.277. The third kappa shape index (κ3) is 3.78. The minimum Gasteiger partial charge on any atom is -0.480 e. The number of aliphatic carboxylic acids is 1. The van der Waals surface area contributed by atoms with E-state index in [0.717, 1.165) is 18.4 Å². The molecule has 1 atom stereocenters. The Kier molecular flexibility index (Phi) is 5.65. The highest BCUT2D eigenvalue weighted by Gasteiger charge is 2.40. The molecule has 0 saturated heterocycles. The number of nitrogens with one attached hydrogen (secondary N) is 1. The van der Waals surface area contributed by atoms with E-state index in [1.54, 1.807) is 12.1 Å². The summed E-state index contributed by atoms with van der Waals surface area (Å²) in [6.07, 6.45) is 7.50. The second-order valence-corrected chi connectivity index (χ2v) is 6.34. The van der Waals surface area contributed by atoms with Gasteiger partial charge < -0.3 is 5.11 Å². The average molecular weight is 310 g/mol. The quantitative estimate of drug-likeness (QED) is 0.795. The van der Waals surface area contributed by atoms with Crippen LogP contribution in [-0.4, -0.2) is 17.1 Å². The number of carboxylic acid groups (broad SMARTS) is 1. The highest BCUT2D eigenvalue weighted by Crippen LogP contribution is 2.30. The first kappa shape index (κ1) is 16.3. The first-order valence-electron chi connectivity index (χ1n) is 7.85. The number of benzene rings is 1. The number of carbonyl (C=O) groups is 1. The largest absolute Gasteiger partial charge is 0.480 e. The maximum Gasteiger partial charge on any atom is 0.328 e. The summed E-state index contributed by atoms with van der Waals surface area (Å²) in [6, 6.07) is 7.45. The Morgan fingerprint density at radius 2 is 1.81 bits per heavy atom. The van der Waals surface area contributed by atoms with Gasteiger partial charge in [-0.25, -0.2) is 4.79 Å². The maximum atomic E-state index is 12.0. The third-order valence-electron chi connectivity index (χ3n) is 4.54. The van der Waals surface area contributed by atoms with E-state index < -0.39 is 11.5 Å². The molecule has 2 rings (SSSR count). The van der Waals surface area contributed by atoms with Crippen LogP contribution < -0.4 is 5.32 Å². The van der Waals surface area contributed by atoms with Crippen LogP contribution in [0.15, 0.2) is 24.3 Å². The number of carboxylic acids is 1. The van der Waals surface area contributed by atoms with Crippen molar-refractivity contribution in [2.45, 2.75) is 63.5 Å². The first-order valence-corrected chi connectivity index (χ1v) is 8.23. The Bertz CT molecular complexity index is 466. The highest BCUT2D eigenvalue weighted by molar-refractivity contribution is 6.30. The van der Waals surface area contributed by atoms with E-state index in [-0.39, 0.29) is 6.04 Å². The van der Waals surface area contributed by atoms with Gasteiger partial charge in [0.1, 0.15) is 5.54 Å². The number of rotatable bonds is 5. The predicted molar refractivity (Wildman–Crippen MR) is 85.7 cm³/mol. The molecule has 1 unspecified atom stereocenters. The van der Waals surface area contributed by atoms with Gasteiger partial charge in [-0.1, -0.05) is 56.3 Å². The van der Waals surface area contributed by atoms with Gasteiger partial charge >= 0.3 is 5.97 Å². The Morgan fingerprint density at radius 1 is 1.24 bits per heavy atom. The lowest BCUT2D eigenvalue weighted by Gasteiger charge is -2.34. The fourth-order valence-electron chi connectivity index (χ4n) is 3.23. The summed E-state index contributed by atoms with van der Waals surface area (Å²) in [5.41, 5.74) is -0.231. The average Bonchev–Trinajstić information content (AvgIpc) is 2.74. The van der Waals surface area contributed by atoms with Crippen molar-refractivity contribution in [2.24, 2.45) is 0 Å². The summed E-state index contributed by atoms with van der Waals surface area (Å²) in [6.45, 7) is 1.92. The van der Waals surface area contributed by atoms with Crippen LogP contribution in [0.5, 0.6) is 0 Å². The van der Waals surface area contributed by atoms with Crippen LogP contribution in [0.1, 0.15) is 57.4 Å². The zero-order chi connectivity index (χ0) is 15.3. The molecule has 1 saturated carbocycles. The van der Waals surface area contributed by atoms with Crippen LogP contribution in [0, 0.1) is 0 Å². The van der Waals surface area contributed by atoms with Gasteiger partial charge in [-0.3, -0.25) is 5.32 Å². The fourth-order valence-corrected chi connectivity index (χ4v) is 3.36. The molecule has 0 aromatic heterocycles. The highest BCUT2D eigenvalue weighted by atomic mass is 35.5. The smallest absolute Gasteiger partial charge is 0.328 e. The molecule has 3 nitrogen and oxygen atoms in total. The van der Waals surface area contributed by atoms with E-state index in [4.69, 9.17) is 11.6 Å². The summed E-state index contributed by atoms with van der Waals surface area (Å²) < 4.78 is 0. The zero-order valence-electron chi connectivity index (χ0n) is 12.6. The van der Waals surface area contributed by atoms with E-state index in [2.05, 4.69) is 5.32 Å². The van der Waals surface area contributed by atoms with Crippen LogP contribution >= 0.6 is 11.6 Å². The second kappa shape index (κ2) is 7.28. The molecule has 1 aromatic carbocycles. The lowest BCUT2D eigenvalue weighted by Crippen LogP contribution is -2.53. The van der Waals surface area contributed by atoms with Crippen LogP contribution in [-0.2, 0) is 10.3 Å². The van der Waals surface area contributed by atoms with Gasteiger partial charge in [-0.2, -0.15) is 0 Å². The van der Waals surface area contributed by atoms with Gasteiger partial charge in [0, 0.05) is 11.1 Å². The van der Waals surface area contributed by atoms with Crippen molar-refractivity contribution in [3.05, 3.63) is 34.9 Å². The molecular weight excluding hydrogens is 286 g/mol. The second-order valence-electron chi connectivity index (χ2n) is 5.90. The molecule has 0 aliphatic heterocycles. The van der Waals surface area contributed by atoms with Gasteiger partial charge in [0.25, 0.3) is 0 Å². The molecule has 116 valence electrons. The summed E-state index contributed by atoms with van der Waals surface area (Å²) in [5, 5.41) is 13.9. The lowest BCUT2D eigenvalue weighted by molar-refractivity contribution is -0.146. The topological polar surface area (TPSA) is 49.3 Å². The molecule has 0 bridgehead atoms. The molecule has 1 fully saturated rings. The molecular formula is C17H24ClNO2. The number of hydrogen-bond acceptors (Lipinski definition) is 2. The van der Waals surface area contributed by atoms with Gasteiger partial charge in [-0.15, -0.1) is 0 Å². The molecule has 1 aliphatic rings. The normalized spacial score (nSPS) is 19.7. The van der Waals surface area contributed by atoms with Crippen LogP contribution in [0.2, 0.25) is 5.02 Å². The summed E-state index contributed by atoms with van der Waals surface area (Å²) >= 11 is 5.93. The van der Waals surface area contributed by atoms with E-state index in [1.807, 2.05) is 19.1 Å². The molecule has 2 N–H and O–H groups in total. The molecule has 4 heteroatoms. The summed E-state index contributed by atoms with van der Waals surface area (Å²) in [4.78, 5) is 12.0. The first-order chi connectivity index (χ1) is 10.1.